The van der Waals surface area contributed by atoms with Crippen LogP contribution in [0.4, 0.5) is 5.69 Å². The average molecular weight is 348 g/mol. The van der Waals surface area contributed by atoms with E-state index in [1.807, 2.05) is 6.20 Å². The van der Waals surface area contributed by atoms with Gasteiger partial charge in [-0.15, -0.1) is 0 Å². The van der Waals surface area contributed by atoms with E-state index in [4.69, 9.17) is 5.73 Å². The molecule has 2 unspecified atom stereocenters. The van der Waals surface area contributed by atoms with Gasteiger partial charge in [-0.25, -0.2) is 0 Å². The molecule has 0 radical (unpaired) electrons. The number of anilines is 1. The summed E-state index contributed by atoms with van der Waals surface area (Å²) >= 11 is 3.48. The van der Waals surface area contributed by atoms with Gasteiger partial charge in [0.05, 0.1) is 11.2 Å². The first-order valence-electron chi connectivity index (χ1n) is 7.68. The fourth-order valence-corrected chi connectivity index (χ4v) is 3.81. The molecule has 2 aromatic rings. The van der Waals surface area contributed by atoms with E-state index in [2.05, 4.69) is 57.4 Å². The van der Waals surface area contributed by atoms with Crippen molar-refractivity contribution < 1.29 is 0 Å². The van der Waals surface area contributed by atoms with Crippen molar-refractivity contribution in [2.24, 2.45) is 11.7 Å². The summed E-state index contributed by atoms with van der Waals surface area (Å²) in [5.74, 6) is 0.790. The highest BCUT2D eigenvalue weighted by atomic mass is 79.9. The zero-order valence-corrected chi connectivity index (χ0v) is 14.0. The number of para-hydroxylation sites is 1. The molecule has 1 aromatic heterocycles. The van der Waals surface area contributed by atoms with E-state index in [1.165, 1.54) is 12.8 Å². The number of hydrogen-bond acceptors (Lipinski definition) is 3. The lowest BCUT2D eigenvalue weighted by molar-refractivity contribution is 0.450. The normalized spacial score (nSPS) is 25.4. The molecule has 3 nitrogen and oxygen atoms in total. The summed E-state index contributed by atoms with van der Waals surface area (Å²) in [6.45, 7) is 2.95. The van der Waals surface area contributed by atoms with Crippen molar-refractivity contribution >= 4 is 32.5 Å². The standard InChI is InChI=1S/C17H22BrN3/c1-2-12-6-7-17(9-12,11-19)21-15-5-3-4-13-8-14(18)10-20-16(13)15/h3-5,8,10,12,21H,2,6-7,9,11,19H2,1H3. The number of benzene rings is 1. The van der Waals surface area contributed by atoms with Gasteiger partial charge in [0, 0.05) is 28.1 Å². The molecule has 112 valence electrons. The predicted molar refractivity (Wildman–Crippen MR) is 92.5 cm³/mol. The fourth-order valence-electron chi connectivity index (χ4n) is 3.46. The molecule has 0 bridgehead atoms. The zero-order valence-electron chi connectivity index (χ0n) is 12.4. The highest BCUT2D eigenvalue weighted by Gasteiger charge is 2.37. The number of nitrogens with zero attached hydrogens (tertiary/aromatic N) is 1. The first kappa shape index (κ1) is 14.8. The first-order chi connectivity index (χ1) is 10.2. The molecule has 0 spiro atoms. The summed E-state index contributed by atoms with van der Waals surface area (Å²) in [7, 11) is 0. The summed E-state index contributed by atoms with van der Waals surface area (Å²) in [5.41, 5.74) is 8.26. The number of hydrogen-bond donors (Lipinski definition) is 2. The van der Waals surface area contributed by atoms with Gasteiger partial charge in [0.1, 0.15) is 0 Å². The maximum absolute atomic E-state index is 6.11. The van der Waals surface area contributed by atoms with Crippen LogP contribution >= 0.6 is 15.9 Å². The first-order valence-corrected chi connectivity index (χ1v) is 8.47. The molecule has 1 aliphatic carbocycles. The van der Waals surface area contributed by atoms with Gasteiger partial charge in [-0.05, 0) is 53.2 Å². The molecule has 3 N–H and O–H groups in total. The Morgan fingerprint density at radius 2 is 2.33 bits per heavy atom. The number of fused-ring (bicyclic) bond motifs is 1. The van der Waals surface area contributed by atoms with E-state index < -0.39 is 0 Å². The van der Waals surface area contributed by atoms with Crippen molar-refractivity contribution in [3.8, 4) is 0 Å². The fraction of sp³-hybridized carbons (Fsp3) is 0.471. The number of pyridine rings is 1. The zero-order chi connectivity index (χ0) is 14.9. The summed E-state index contributed by atoms with van der Waals surface area (Å²) in [5, 5.41) is 4.87. The van der Waals surface area contributed by atoms with E-state index in [0.717, 1.165) is 39.8 Å². The van der Waals surface area contributed by atoms with Gasteiger partial charge in [-0.1, -0.05) is 25.5 Å². The highest BCUT2D eigenvalue weighted by molar-refractivity contribution is 9.10. The molecule has 1 fully saturated rings. The van der Waals surface area contributed by atoms with Gasteiger partial charge in [0.15, 0.2) is 0 Å². The van der Waals surface area contributed by atoms with Gasteiger partial charge in [0.2, 0.25) is 0 Å². The Morgan fingerprint density at radius 3 is 3.05 bits per heavy atom. The molecule has 0 amide bonds. The van der Waals surface area contributed by atoms with Gasteiger partial charge in [-0.2, -0.15) is 0 Å². The predicted octanol–water partition coefficient (Wildman–Crippen LogP) is 4.32. The Balaban J connectivity index is 1.94. The Kier molecular flexibility index (Phi) is 4.18. The van der Waals surface area contributed by atoms with Crippen LogP contribution in [0.15, 0.2) is 34.9 Å². The summed E-state index contributed by atoms with van der Waals surface area (Å²) in [6, 6.07) is 8.39. The van der Waals surface area contributed by atoms with Crippen LogP contribution in [0, 0.1) is 5.92 Å². The van der Waals surface area contributed by atoms with E-state index >= 15 is 0 Å². The van der Waals surface area contributed by atoms with Crippen LogP contribution in [0.25, 0.3) is 10.9 Å². The highest BCUT2D eigenvalue weighted by Crippen LogP contribution is 2.39. The van der Waals surface area contributed by atoms with Crippen LogP contribution < -0.4 is 11.1 Å². The van der Waals surface area contributed by atoms with E-state index in [-0.39, 0.29) is 5.54 Å². The van der Waals surface area contributed by atoms with Crippen LogP contribution in [-0.4, -0.2) is 17.1 Å². The topological polar surface area (TPSA) is 50.9 Å². The summed E-state index contributed by atoms with van der Waals surface area (Å²) in [4.78, 5) is 4.58. The Morgan fingerprint density at radius 1 is 1.48 bits per heavy atom. The number of nitrogens with two attached hydrogens (primary N) is 1. The van der Waals surface area contributed by atoms with Crippen LogP contribution in [0.2, 0.25) is 0 Å². The SMILES string of the molecule is CCC1CCC(CN)(Nc2cccc3cc(Br)cnc23)C1. The van der Waals surface area contributed by atoms with Crippen molar-refractivity contribution in [2.45, 2.75) is 38.1 Å². The second-order valence-corrected chi connectivity index (χ2v) is 7.07. The molecule has 1 aromatic carbocycles. The minimum Gasteiger partial charge on any atom is -0.377 e. The number of aromatic nitrogens is 1. The van der Waals surface area contributed by atoms with E-state index in [1.54, 1.807) is 0 Å². The molecule has 1 heterocycles. The molecule has 2 atom stereocenters. The van der Waals surface area contributed by atoms with Crippen molar-refractivity contribution in [3.63, 3.8) is 0 Å². The van der Waals surface area contributed by atoms with Crippen molar-refractivity contribution in [1.82, 2.24) is 4.98 Å². The quantitative estimate of drug-likeness (QED) is 0.865. The van der Waals surface area contributed by atoms with E-state index in [9.17, 15) is 0 Å². The third-order valence-electron chi connectivity index (χ3n) is 4.76. The van der Waals surface area contributed by atoms with Crippen LogP contribution in [0.3, 0.4) is 0 Å². The van der Waals surface area contributed by atoms with Crippen molar-refractivity contribution in [1.29, 1.82) is 0 Å². The molecular weight excluding hydrogens is 326 g/mol. The maximum Gasteiger partial charge on any atom is 0.0934 e. The third-order valence-corrected chi connectivity index (χ3v) is 5.19. The largest absolute Gasteiger partial charge is 0.377 e. The van der Waals surface area contributed by atoms with Gasteiger partial charge in [-0.3, -0.25) is 4.98 Å². The van der Waals surface area contributed by atoms with Crippen LogP contribution in [0.1, 0.15) is 32.6 Å². The molecule has 4 heteroatoms. The lowest BCUT2D eigenvalue weighted by Gasteiger charge is -2.31. The van der Waals surface area contributed by atoms with E-state index in [0.29, 0.717) is 6.54 Å². The second kappa shape index (κ2) is 5.93. The maximum atomic E-state index is 6.11. The molecule has 1 aliphatic rings. The third kappa shape index (κ3) is 2.92. The second-order valence-electron chi connectivity index (χ2n) is 6.16. The van der Waals surface area contributed by atoms with Crippen LogP contribution in [-0.2, 0) is 0 Å². The number of halogens is 1. The monoisotopic (exact) mass is 347 g/mol. The molecule has 1 saturated carbocycles. The van der Waals surface area contributed by atoms with Crippen LogP contribution in [0.5, 0.6) is 0 Å². The average Bonchev–Trinajstić information content (AvgIpc) is 2.91. The van der Waals surface area contributed by atoms with Gasteiger partial charge in [0.25, 0.3) is 0 Å². The van der Waals surface area contributed by atoms with Crippen molar-refractivity contribution in [3.05, 3.63) is 34.9 Å². The Labute approximate surface area is 134 Å². The Hall–Kier alpha value is -1.13. The minimum atomic E-state index is 0.0315. The molecule has 21 heavy (non-hydrogen) atoms. The summed E-state index contributed by atoms with van der Waals surface area (Å²) < 4.78 is 1.01. The Bertz CT molecular complexity index is 643. The van der Waals surface area contributed by atoms with Gasteiger partial charge >= 0.3 is 0 Å². The lowest BCUT2D eigenvalue weighted by Crippen LogP contribution is -2.43. The lowest BCUT2D eigenvalue weighted by atomic mass is 9.94. The molecular formula is C17H22BrN3. The molecule has 0 aliphatic heterocycles. The smallest absolute Gasteiger partial charge is 0.0934 e. The van der Waals surface area contributed by atoms with Crippen molar-refractivity contribution in [2.75, 3.05) is 11.9 Å². The number of rotatable bonds is 4. The minimum absolute atomic E-state index is 0.0315. The summed E-state index contributed by atoms with van der Waals surface area (Å²) in [6.07, 6.45) is 6.67. The number of nitrogens with one attached hydrogen (secondary N) is 1. The molecule has 3 rings (SSSR count). The molecule has 0 saturated heterocycles. The van der Waals surface area contributed by atoms with Gasteiger partial charge < -0.3 is 11.1 Å².